The zero-order valence-electron chi connectivity index (χ0n) is 25.4. The number of hydrogen-bond acceptors (Lipinski definition) is 6. The summed E-state index contributed by atoms with van der Waals surface area (Å²) in [5.41, 5.74) is 0. The fraction of sp³-hybridized carbons (Fsp3) is 0.906. The third kappa shape index (κ3) is 27.7. The molecule has 0 aliphatic rings. The van der Waals surface area contributed by atoms with E-state index in [0.717, 1.165) is 38.5 Å². The number of hydrogen-bond donors (Lipinski definition) is 1. The van der Waals surface area contributed by atoms with Crippen molar-refractivity contribution in [1.82, 2.24) is 0 Å². The van der Waals surface area contributed by atoms with Gasteiger partial charge < -0.3 is 19.3 Å². The Morgan fingerprint density at radius 2 is 0.897 bits per heavy atom. The van der Waals surface area contributed by atoms with E-state index in [2.05, 4.69) is 13.8 Å². The number of rotatable bonds is 30. The number of ether oxygens (including phenoxy) is 3. The summed E-state index contributed by atoms with van der Waals surface area (Å²) in [6.07, 6.45) is 24.9. The Morgan fingerprint density at radius 1 is 0.538 bits per heavy atom. The number of aliphatic carboxylic acids is 1. The van der Waals surface area contributed by atoms with E-state index < -0.39 is 30.6 Å². The van der Waals surface area contributed by atoms with Crippen molar-refractivity contribution >= 4 is 17.9 Å². The maximum Gasteiger partial charge on any atom is 0.335 e. The van der Waals surface area contributed by atoms with Gasteiger partial charge in [0.05, 0.1) is 19.6 Å². The van der Waals surface area contributed by atoms with Crippen LogP contribution in [0.2, 0.25) is 0 Å². The fourth-order valence-corrected chi connectivity index (χ4v) is 4.58. The molecule has 0 aromatic carbocycles. The maximum absolute atomic E-state index is 12.4. The lowest BCUT2D eigenvalue weighted by molar-refractivity contribution is -0.167. The van der Waals surface area contributed by atoms with E-state index in [1.54, 1.807) is 0 Å². The van der Waals surface area contributed by atoms with Gasteiger partial charge in [-0.1, -0.05) is 142 Å². The van der Waals surface area contributed by atoms with Crippen LogP contribution in [-0.2, 0) is 28.6 Å². The van der Waals surface area contributed by atoms with Crippen molar-refractivity contribution < 1.29 is 33.7 Å². The molecule has 7 nitrogen and oxygen atoms in total. The fourth-order valence-electron chi connectivity index (χ4n) is 4.58. The molecule has 230 valence electrons. The minimum Gasteiger partial charge on any atom is -0.480 e. The molecule has 0 aliphatic carbocycles. The predicted molar refractivity (Wildman–Crippen MR) is 157 cm³/mol. The highest BCUT2D eigenvalue weighted by Gasteiger charge is 2.26. The van der Waals surface area contributed by atoms with Crippen molar-refractivity contribution in [2.75, 3.05) is 19.8 Å². The summed E-state index contributed by atoms with van der Waals surface area (Å²) in [6.45, 7) is 4.35. The Kier molecular flexibility index (Phi) is 28.1. The van der Waals surface area contributed by atoms with E-state index in [9.17, 15) is 14.4 Å². The molecular formula is C32H60O7. The Bertz CT molecular complexity index is 579. The third-order valence-electron chi connectivity index (χ3n) is 7.03. The number of carbonyl (C=O) groups is 3. The third-order valence-corrected chi connectivity index (χ3v) is 7.03. The van der Waals surface area contributed by atoms with Gasteiger partial charge in [-0.3, -0.25) is 4.79 Å². The van der Waals surface area contributed by atoms with Crippen LogP contribution in [0.3, 0.4) is 0 Å². The van der Waals surface area contributed by atoms with Gasteiger partial charge in [-0.05, 0) is 12.8 Å². The quantitative estimate of drug-likeness (QED) is 0.0699. The molecule has 0 bridgehead atoms. The first-order valence-corrected chi connectivity index (χ1v) is 16.2. The van der Waals surface area contributed by atoms with Crippen molar-refractivity contribution in [3.63, 3.8) is 0 Å². The molecule has 0 radical (unpaired) electrons. The molecule has 1 unspecified atom stereocenters. The van der Waals surface area contributed by atoms with E-state index in [-0.39, 0.29) is 13.0 Å². The second-order valence-electron chi connectivity index (χ2n) is 10.9. The highest BCUT2D eigenvalue weighted by atomic mass is 16.6. The largest absolute Gasteiger partial charge is 0.480 e. The average molecular weight is 557 g/mol. The Balaban J connectivity index is 3.91. The average Bonchev–Trinajstić information content (AvgIpc) is 2.92. The van der Waals surface area contributed by atoms with Gasteiger partial charge in [-0.15, -0.1) is 0 Å². The van der Waals surface area contributed by atoms with Crippen LogP contribution < -0.4 is 0 Å². The molecule has 0 heterocycles. The number of carbonyl (C=O) groups excluding carboxylic acids is 2. The molecule has 0 aromatic heterocycles. The normalized spacial score (nSPS) is 11.8. The van der Waals surface area contributed by atoms with E-state index >= 15 is 0 Å². The Morgan fingerprint density at radius 3 is 1.28 bits per heavy atom. The summed E-state index contributed by atoms with van der Waals surface area (Å²) in [7, 11) is 0. The number of esters is 2. The van der Waals surface area contributed by atoms with E-state index in [1.807, 2.05) is 0 Å². The van der Waals surface area contributed by atoms with Gasteiger partial charge in [-0.25, -0.2) is 9.59 Å². The van der Waals surface area contributed by atoms with Crippen LogP contribution in [-0.4, -0.2) is 48.9 Å². The molecular weight excluding hydrogens is 496 g/mol. The molecule has 0 aliphatic heterocycles. The summed E-state index contributed by atoms with van der Waals surface area (Å²) < 4.78 is 15.7. The van der Waals surface area contributed by atoms with Crippen molar-refractivity contribution in [2.24, 2.45) is 0 Å². The van der Waals surface area contributed by atoms with Gasteiger partial charge in [0.25, 0.3) is 0 Å². The molecule has 1 atom stereocenters. The number of unbranched alkanes of at least 4 members (excludes halogenated alkanes) is 20. The first-order chi connectivity index (χ1) is 19.0. The minimum atomic E-state index is -1.25. The maximum atomic E-state index is 12.4. The topological polar surface area (TPSA) is 99.1 Å². The number of carboxylic acid groups (broad SMARTS) is 1. The summed E-state index contributed by atoms with van der Waals surface area (Å²) in [6, 6.07) is 0. The van der Waals surface area contributed by atoms with E-state index in [0.29, 0.717) is 6.61 Å². The molecule has 0 aromatic rings. The second-order valence-corrected chi connectivity index (χ2v) is 10.9. The smallest absolute Gasteiger partial charge is 0.335 e. The van der Waals surface area contributed by atoms with Crippen LogP contribution in [0.15, 0.2) is 0 Å². The van der Waals surface area contributed by atoms with E-state index in [1.165, 1.54) is 103 Å². The molecule has 0 saturated carbocycles. The van der Waals surface area contributed by atoms with Gasteiger partial charge in [0.1, 0.15) is 6.61 Å². The van der Waals surface area contributed by atoms with Gasteiger partial charge in [0.15, 0.2) is 6.10 Å². The van der Waals surface area contributed by atoms with Gasteiger partial charge >= 0.3 is 17.9 Å². The Labute approximate surface area is 239 Å². The van der Waals surface area contributed by atoms with Crippen molar-refractivity contribution in [3.05, 3.63) is 0 Å². The lowest BCUT2D eigenvalue weighted by Crippen LogP contribution is -2.32. The van der Waals surface area contributed by atoms with Crippen LogP contribution in [0.25, 0.3) is 0 Å². The highest BCUT2D eigenvalue weighted by Crippen LogP contribution is 2.13. The predicted octanol–water partition coefficient (Wildman–Crippen LogP) is 8.55. The summed E-state index contributed by atoms with van der Waals surface area (Å²) in [5.74, 6) is -2.47. The molecule has 0 amide bonds. The van der Waals surface area contributed by atoms with Crippen molar-refractivity contribution in [3.8, 4) is 0 Å². The Hall–Kier alpha value is -1.63. The first kappa shape index (κ1) is 37.4. The van der Waals surface area contributed by atoms with Crippen LogP contribution >= 0.6 is 0 Å². The lowest BCUT2D eigenvalue weighted by atomic mass is 10.1. The van der Waals surface area contributed by atoms with Gasteiger partial charge in [0.2, 0.25) is 0 Å². The highest BCUT2D eigenvalue weighted by molar-refractivity contribution is 5.82. The molecule has 0 saturated heterocycles. The SMILES string of the molecule is CCCCCCCCCCCCCOC(=O)CC(OCC(=O)O)C(=O)OCCCCCCCCCCCCC. The summed E-state index contributed by atoms with van der Waals surface area (Å²) >= 11 is 0. The second kappa shape index (κ2) is 29.4. The molecule has 0 fully saturated rings. The molecule has 7 heteroatoms. The van der Waals surface area contributed by atoms with Crippen LogP contribution in [0, 0.1) is 0 Å². The monoisotopic (exact) mass is 556 g/mol. The lowest BCUT2D eigenvalue weighted by Gasteiger charge is -2.15. The van der Waals surface area contributed by atoms with Crippen molar-refractivity contribution in [1.29, 1.82) is 0 Å². The van der Waals surface area contributed by atoms with Gasteiger partial charge in [0, 0.05) is 0 Å². The van der Waals surface area contributed by atoms with Gasteiger partial charge in [-0.2, -0.15) is 0 Å². The zero-order chi connectivity index (χ0) is 28.8. The van der Waals surface area contributed by atoms with Crippen LogP contribution in [0.5, 0.6) is 0 Å². The van der Waals surface area contributed by atoms with Crippen molar-refractivity contribution in [2.45, 2.75) is 168 Å². The number of carboxylic acids is 1. The van der Waals surface area contributed by atoms with E-state index in [4.69, 9.17) is 19.3 Å². The molecule has 39 heavy (non-hydrogen) atoms. The summed E-state index contributed by atoms with van der Waals surface area (Å²) in [5, 5.41) is 8.90. The van der Waals surface area contributed by atoms with Crippen LogP contribution in [0.4, 0.5) is 0 Å². The minimum absolute atomic E-state index is 0.247. The molecule has 0 rings (SSSR count). The molecule has 1 N–H and O–H groups in total. The first-order valence-electron chi connectivity index (χ1n) is 16.2. The molecule has 0 spiro atoms. The summed E-state index contributed by atoms with van der Waals surface area (Å²) in [4.78, 5) is 35.5. The van der Waals surface area contributed by atoms with Crippen LogP contribution in [0.1, 0.15) is 162 Å². The standard InChI is InChI=1S/C32H60O7/c1-3-5-7-9-11-13-15-17-19-21-23-25-37-31(35)27-29(39-28-30(33)34)32(36)38-26-24-22-20-18-16-14-12-10-8-6-4-2/h29H,3-28H2,1-2H3,(H,33,34). The zero-order valence-corrected chi connectivity index (χ0v) is 25.4.